The Labute approximate surface area is 197 Å². The molecule has 1 unspecified atom stereocenters. The van der Waals surface area contributed by atoms with E-state index < -0.39 is 24.2 Å². The SMILES string of the molecule is Nc1ccc(C(=O)NC(CCC(O)O)C(=O)O)cc1NC(=O)CSCCCOC1CCCC1. The Morgan fingerprint density at radius 2 is 1.91 bits per heavy atom. The first kappa shape index (κ1) is 26.9. The number of anilines is 2. The maximum absolute atomic E-state index is 12.5. The Balaban J connectivity index is 1.79. The first-order valence-corrected chi connectivity index (χ1v) is 12.2. The molecule has 0 aromatic heterocycles. The zero-order valence-corrected chi connectivity index (χ0v) is 19.3. The number of thioether (sulfide) groups is 1. The normalized spacial score (nSPS) is 14.9. The lowest BCUT2D eigenvalue weighted by atomic mass is 10.1. The molecule has 1 aliphatic rings. The molecule has 2 rings (SSSR count). The fourth-order valence-electron chi connectivity index (χ4n) is 3.44. The van der Waals surface area contributed by atoms with Crippen LogP contribution in [0.2, 0.25) is 0 Å². The summed E-state index contributed by atoms with van der Waals surface area (Å²) in [5, 5.41) is 32.1. The zero-order chi connectivity index (χ0) is 24.2. The lowest BCUT2D eigenvalue weighted by Crippen LogP contribution is -2.41. The third kappa shape index (κ3) is 9.99. The molecule has 10 nitrogen and oxygen atoms in total. The second-order valence-electron chi connectivity index (χ2n) is 7.96. The van der Waals surface area contributed by atoms with Crippen molar-refractivity contribution in [2.75, 3.05) is 29.2 Å². The van der Waals surface area contributed by atoms with Crippen LogP contribution in [0.25, 0.3) is 0 Å². The fourth-order valence-corrected chi connectivity index (χ4v) is 4.16. The quantitative estimate of drug-likeness (QED) is 0.130. The van der Waals surface area contributed by atoms with Gasteiger partial charge in [-0.15, -0.1) is 0 Å². The topological polar surface area (TPSA) is 171 Å². The van der Waals surface area contributed by atoms with Gasteiger partial charge in [-0.1, -0.05) is 12.8 Å². The van der Waals surface area contributed by atoms with E-state index in [4.69, 9.17) is 20.7 Å². The number of carboxylic acids is 1. The molecule has 2 amide bonds. The molecule has 1 aliphatic carbocycles. The van der Waals surface area contributed by atoms with Crippen molar-refractivity contribution in [2.24, 2.45) is 0 Å². The molecule has 1 atom stereocenters. The predicted octanol–water partition coefficient (Wildman–Crippen LogP) is 1.56. The highest BCUT2D eigenvalue weighted by molar-refractivity contribution is 7.99. The van der Waals surface area contributed by atoms with Gasteiger partial charge in [0, 0.05) is 18.6 Å². The second-order valence-corrected chi connectivity index (χ2v) is 9.06. The van der Waals surface area contributed by atoms with Crippen molar-refractivity contribution in [3.8, 4) is 0 Å². The van der Waals surface area contributed by atoms with Gasteiger partial charge in [0.05, 0.1) is 23.2 Å². The molecule has 0 saturated heterocycles. The zero-order valence-electron chi connectivity index (χ0n) is 18.5. The van der Waals surface area contributed by atoms with Crippen molar-refractivity contribution in [2.45, 2.75) is 63.4 Å². The predicted molar refractivity (Wildman–Crippen MR) is 126 cm³/mol. The van der Waals surface area contributed by atoms with Crippen LogP contribution in [0.1, 0.15) is 55.3 Å². The van der Waals surface area contributed by atoms with Crippen molar-refractivity contribution < 1.29 is 34.4 Å². The molecule has 0 spiro atoms. The summed E-state index contributed by atoms with van der Waals surface area (Å²) in [5.74, 6) is -1.22. The lowest BCUT2D eigenvalue weighted by molar-refractivity contribution is -0.140. The fraction of sp³-hybridized carbons (Fsp3) is 0.591. The molecule has 7 N–H and O–H groups in total. The maximum atomic E-state index is 12.5. The summed E-state index contributed by atoms with van der Waals surface area (Å²) in [6, 6.07) is 2.96. The van der Waals surface area contributed by atoms with Gasteiger partial charge in [-0.3, -0.25) is 9.59 Å². The Morgan fingerprint density at radius 1 is 1.18 bits per heavy atom. The second kappa shape index (κ2) is 14.0. The van der Waals surface area contributed by atoms with E-state index in [9.17, 15) is 19.5 Å². The van der Waals surface area contributed by atoms with Crippen LogP contribution in [0, 0.1) is 0 Å². The van der Waals surface area contributed by atoms with Crippen LogP contribution in [0.4, 0.5) is 11.4 Å². The summed E-state index contributed by atoms with van der Waals surface area (Å²) >= 11 is 1.48. The van der Waals surface area contributed by atoms with E-state index in [2.05, 4.69) is 10.6 Å². The van der Waals surface area contributed by atoms with Gasteiger partial charge in [0.1, 0.15) is 6.04 Å². The summed E-state index contributed by atoms with van der Waals surface area (Å²) in [5.41, 5.74) is 6.55. The number of nitrogens with two attached hydrogens (primary N) is 1. The molecule has 1 fully saturated rings. The number of nitrogens with one attached hydrogen (secondary N) is 2. The van der Waals surface area contributed by atoms with Crippen molar-refractivity contribution in [1.82, 2.24) is 5.32 Å². The average molecular weight is 484 g/mol. The maximum Gasteiger partial charge on any atom is 0.326 e. The van der Waals surface area contributed by atoms with Crippen molar-refractivity contribution >= 4 is 40.9 Å². The number of benzene rings is 1. The first-order chi connectivity index (χ1) is 15.8. The number of hydrogen-bond donors (Lipinski definition) is 6. The summed E-state index contributed by atoms with van der Waals surface area (Å²) < 4.78 is 5.80. The summed E-state index contributed by atoms with van der Waals surface area (Å²) in [7, 11) is 0. The Kier molecular flexibility index (Phi) is 11.4. The van der Waals surface area contributed by atoms with Gasteiger partial charge in [0.2, 0.25) is 5.91 Å². The molecule has 33 heavy (non-hydrogen) atoms. The van der Waals surface area contributed by atoms with E-state index in [0.29, 0.717) is 12.7 Å². The van der Waals surface area contributed by atoms with Crippen LogP contribution >= 0.6 is 11.8 Å². The number of ether oxygens (including phenoxy) is 1. The van der Waals surface area contributed by atoms with Gasteiger partial charge in [-0.2, -0.15) is 11.8 Å². The van der Waals surface area contributed by atoms with E-state index in [1.807, 2.05) is 0 Å². The van der Waals surface area contributed by atoms with Crippen molar-refractivity contribution in [3.63, 3.8) is 0 Å². The summed E-state index contributed by atoms with van der Waals surface area (Å²) in [6.45, 7) is 0.692. The molecule has 0 aliphatic heterocycles. The highest BCUT2D eigenvalue weighted by Gasteiger charge is 2.22. The minimum Gasteiger partial charge on any atom is -0.480 e. The van der Waals surface area contributed by atoms with Crippen LogP contribution in [-0.4, -0.2) is 69.7 Å². The highest BCUT2D eigenvalue weighted by atomic mass is 32.2. The summed E-state index contributed by atoms with van der Waals surface area (Å²) in [4.78, 5) is 36.0. The molecule has 0 heterocycles. The number of aliphatic hydroxyl groups is 2. The van der Waals surface area contributed by atoms with Gasteiger partial charge >= 0.3 is 5.97 Å². The molecule has 11 heteroatoms. The van der Waals surface area contributed by atoms with Gasteiger partial charge in [0.25, 0.3) is 5.91 Å². The van der Waals surface area contributed by atoms with E-state index >= 15 is 0 Å². The average Bonchev–Trinajstić information content (AvgIpc) is 3.28. The number of rotatable bonds is 14. The molecule has 1 aromatic rings. The van der Waals surface area contributed by atoms with Crippen LogP contribution < -0.4 is 16.4 Å². The molecular formula is C22H33N3O7S. The van der Waals surface area contributed by atoms with Crippen LogP contribution in [0.5, 0.6) is 0 Å². The lowest BCUT2D eigenvalue weighted by Gasteiger charge is -2.16. The number of hydrogen-bond acceptors (Lipinski definition) is 8. The number of carboxylic acid groups (broad SMARTS) is 1. The smallest absolute Gasteiger partial charge is 0.326 e. The van der Waals surface area contributed by atoms with E-state index in [1.165, 1.54) is 42.8 Å². The molecular weight excluding hydrogens is 450 g/mol. The van der Waals surface area contributed by atoms with E-state index in [-0.39, 0.29) is 41.4 Å². The van der Waals surface area contributed by atoms with E-state index in [0.717, 1.165) is 25.0 Å². The van der Waals surface area contributed by atoms with Crippen LogP contribution in [0.3, 0.4) is 0 Å². The molecule has 0 radical (unpaired) electrons. The molecule has 1 saturated carbocycles. The van der Waals surface area contributed by atoms with E-state index in [1.54, 1.807) is 0 Å². The number of amides is 2. The molecule has 0 bridgehead atoms. The first-order valence-electron chi connectivity index (χ1n) is 11.0. The van der Waals surface area contributed by atoms with Crippen LogP contribution in [-0.2, 0) is 14.3 Å². The van der Waals surface area contributed by atoms with Gasteiger partial charge in [-0.05, 0) is 49.6 Å². The van der Waals surface area contributed by atoms with Crippen molar-refractivity contribution in [3.05, 3.63) is 23.8 Å². The third-order valence-corrected chi connectivity index (χ3v) is 6.27. The van der Waals surface area contributed by atoms with Crippen molar-refractivity contribution in [1.29, 1.82) is 0 Å². The number of aliphatic carboxylic acids is 1. The van der Waals surface area contributed by atoms with Gasteiger partial charge < -0.3 is 36.4 Å². The van der Waals surface area contributed by atoms with Crippen LogP contribution in [0.15, 0.2) is 18.2 Å². The standard InChI is InChI=1S/C22H33N3O7S/c23-16-7-6-14(21(29)25-17(22(30)31)8-9-20(27)28)12-18(16)24-19(26)13-33-11-3-10-32-15-4-1-2-5-15/h6-7,12,15,17,20,27-28H,1-5,8-11,13,23H2,(H,24,26)(H,25,29)(H,30,31). The third-order valence-electron chi connectivity index (χ3n) is 5.23. The molecule has 184 valence electrons. The Morgan fingerprint density at radius 3 is 2.58 bits per heavy atom. The number of aliphatic hydroxyl groups excluding tert-OH is 1. The highest BCUT2D eigenvalue weighted by Crippen LogP contribution is 2.22. The minimum absolute atomic E-state index is 0.118. The summed E-state index contributed by atoms with van der Waals surface area (Å²) in [6.07, 6.45) is 3.97. The van der Waals surface area contributed by atoms with Gasteiger partial charge in [0.15, 0.2) is 6.29 Å². The largest absolute Gasteiger partial charge is 0.480 e. The Hall–Kier alpha value is -2.34. The number of nitrogen functional groups attached to an aromatic ring is 1. The monoisotopic (exact) mass is 483 g/mol. The Bertz CT molecular complexity index is 800. The molecule has 1 aromatic carbocycles. The minimum atomic E-state index is -1.67. The van der Waals surface area contributed by atoms with Gasteiger partial charge in [-0.25, -0.2) is 4.79 Å². The number of carbonyl (C=O) groups is 3. The number of carbonyl (C=O) groups excluding carboxylic acids is 2.